The maximum Gasteiger partial charge on any atom is 0.156 e. The van der Waals surface area contributed by atoms with Crippen LogP contribution < -0.4 is 16.5 Å². The molecule has 0 bridgehead atoms. The largest absolute Gasteiger partial charge is 0.411 e. The van der Waals surface area contributed by atoms with Crippen molar-refractivity contribution in [1.82, 2.24) is 4.98 Å². The van der Waals surface area contributed by atoms with Gasteiger partial charge in [0.15, 0.2) is 5.75 Å². The molecule has 1 heterocycles. The highest BCUT2D eigenvalue weighted by Crippen LogP contribution is 2.27. The minimum absolute atomic E-state index is 0.500. The number of aromatic amines is 1. The Balaban J connectivity index is 0.000000606. The summed E-state index contributed by atoms with van der Waals surface area (Å²) in [6.45, 7) is 0.617. The highest BCUT2D eigenvalue weighted by molar-refractivity contribution is 5.89. The fourth-order valence-electron chi connectivity index (χ4n) is 1.67. The van der Waals surface area contributed by atoms with Crippen molar-refractivity contribution in [3.05, 3.63) is 30.0 Å². The van der Waals surface area contributed by atoms with Crippen LogP contribution in [-0.2, 0) is 6.42 Å². The first-order valence-corrected chi connectivity index (χ1v) is 4.90. The van der Waals surface area contributed by atoms with E-state index in [1.165, 1.54) is 0 Å². The molecule has 5 heteroatoms. The van der Waals surface area contributed by atoms with Gasteiger partial charge < -0.3 is 15.6 Å². The average molecular weight is 225 g/mol. The second kappa shape index (κ2) is 6.09. The van der Waals surface area contributed by atoms with E-state index in [-0.39, 0.29) is 0 Å². The summed E-state index contributed by atoms with van der Waals surface area (Å²) in [5.74, 6) is 5.88. The van der Waals surface area contributed by atoms with E-state index in [1.807, 2.05) is 24.4 Å². The summed E-state index contributed by atoms with van der Waals surface area (Å²) in [7, 11) is 0.500. The Morgan fingerprint density at radius 3 is 2.75 bits per heavy atom. The number of nitrogens with one attached hydrogen (secondary N) is 1. The number of fused-ring (bicyclic) bond motifs is 1. The lowest BCUT2D eigenvalue weighted by atomic mass is 10.1. The summed E-state index contributed by atoms with van der Waals surface area (Å²) in [6, 6.07) is 5.72. The van der Waals surface area contributed by atoms with Crippen molar-refractivity contribution < 1.29 is 9.23 Å². The molecule has 0 aliphatic carbocycles. The Hall–Kier alpha value is -1.59. The van der Waals surface area contributed by atoms with E-state index < -0.39 is 0 Å². The molecule has 0 aliphatic heterocycles. The Kier molecular flexibility index (Phi) is 4.75. The summed E-state index contributed by atoms with van der Waals surface area (Å²) in [4.78, 5) is 7.97. The Morgan fingerprint density at radius 1 is 1.38 bits per heavy atom. The van der Waals surface area contributed by atoms with Crippen LogP contribution >= 0.6 is 0 Å². The molecular weight excluding hydrogens is 209 g/mol. The molecule has 0 unspecified atom stereocenters. The SMILES string of the molecule is CF.NCCc1c[nH]c2cccc(ON)c12. The van der Waals surface area contributed by atoms with Crippen molar-refractivity contribution in [2.75, 3.05) is 13.7 Å². The number of hydrogen-bond acceptors (Lipinski definition) is 3. The van der Waals surface area contributed by atoms with E-state index in [0.717, 1.165) is 22.9 Å². The van der Waals surface area contributed by atoms with E-state index in [9.17, 15) is 4.39 Å². The first-order chi connectivity index (χ1) is 7.86. The quantitative estimate of drug-likeness (QED) is 0.693. The number of benzene rings is 1. The zero-order valence-electron chi connectivity index (χ0n) is 9.16. The van der Waals surface area contributed by atoms with Gasteiger partial charge in [-0.1, -0.05) is 6.07 Å². The van der Waals surface area contributed by atoms with Gasteiger partial charge in [-0.25, -0.2) is 0 Å². The van der Waals surface area contributed by atoms with Crippen molar-refractivity contribution >= 4 is 10.9 Å². The van der Waals surface area contributed by atoms with Crippen molar-refractivity contribution in [3.63, 3.8) is 0 Å². The number of nitrogens with two attached hydrogens (primary N) is 2. The van der Waals surface area contributed by atoms with Gasteiger partial charge in [-0.15, -0.1) is 0 Å². The predicted molar refractivity (Wildman–Crippen MR) is 62.9 cm³/mol. The molecular formula is C11H16FN3O. The lowest BCUT2D eigenvalue weighted by molar-refractivity contribution is 0.338. The molecule has 0 saturated carbocycles. The zero-order valence-corrected chi connectivity index (χ0v) is 9.16. The van der Waals surface area contributed by atoms with Crippen LogP contribution in [0, 0.1) is 0 Å². The van der Waals surface area contributed by atoms with Crippen molar-refractivity contribution in [2.45, 2.75) is 6.42 Å². The standard InChI is InChI=1S/C10H13N3O.CH3F/c11-5-4-7-6-13-8-2-1-3-9(14-12)10(7)8;1-2/h1-3,6,13H,4-5,11-12H2;1H3. The van der Waals surface area contributed by atoms with Crippen LogP contribution in [0.15, 0.2) is 24.4 Å². The smallest absolute Gasteiger partial charge is 0.156 e. The summed E-state index contributed by atoms with van der Waals surface area (Å²) in [5, 5.41) is 1.03. The Bertz CT molecular complexity index is 442. The Labute approximate surface area is 93.3 Å². The second-order valence-corrected chi connectivity index (χ2v) is 3.15. The normalized spacial score (nSPS) is 9.75. The molecule has 2 aromatic rings. The van der Waals surface area contributed by atoms with Gasteiger partial charge in [0.1, 0.15) is 0 Å². The van der Waals surface area contributed by atoms with Gasteiger partial charge in [0.05, 0.1) is 7.18 Å². The maximum atomic E-state index is 9.50. The highest BCUT2D eigenvalue weighted by atomic mass is 19.1. The Morgan fingerprint density at radius 2 is 2.12 bits per heavy atom. The van der Waals surface area contributed by atoms with E-state index in [0.29, 0.717) is 19.5 Å². The van der Waals surface area contributed by atoms with Gasteiger partial charge in [0, 0.05) is 17.1 Å². The van der Waals surface area contributed by atoms with E-state index >= 15 is 0 Å². The third-order valence-electron chi connectivity index (χ3n) is 2.29. The van der Waals surface area contributed by atoms with Gasteiger partial charge in [0.25, 0.3) is 0 Å². The summed E-state index contributed by atoms with van der Waals surface area (Å²) < 4.78 is 9.50. The third kappa shape index (κ3) is 2.32. The molecule has 0 saturated heterocycles. The van der Waals surface area contributed by atoms with Crippen LogP contribution in [0.1, 0.15) is 5.56 Å². The fourth-order valence-corrected chi connectivity index (χ4v) is 1.67. The van der Waals surface area contributed by atoms with Crippen molar-refractivity contribution in [1.29, 1.82) is 0 Å². The van der Waals surface area contributed by atoms with Crippen LogP contribution in [0.25, 0.3) is 10.9 Å². The van der Waals surface area contributed by atoms with Gasteiger partial charge in [0.2, 0.25) is 0 Å². The van der Waals surface area contributed by atoms with Crippen LogP contribution in [0.3, 0.4) is 0 Å². The average Bonchev–Trinajstić information content (AvgIpc) is 2.76. The van der Waals surface area contributed by atoms with Crippen LogP contribution in [0.4, 0.5) is 4.39 Å². The van der Waals surface area contributed by atoms with E-state index in [2.05, 4.69) is 4.98 Å². The highest BCUT2D eigenvalue weighted by Gasteiger charge is 2.07. The molecule has 0 atom stereocenters. The minimum atomic E-state index is 0.500. The molecule has 1 aromatic heterocycles. The monoisotopic (exact) mass is 225 g/mol. The van der Waals surface area contributed by atoms with Gasteiger partial charge >= 0.3 is 0 Å². The number of alkyl halides is 1. The second-order valence-electron chi connectivity index (χ2n) is 3.15. The molecule has 0 spiro atoms. The van der Waals surface area contributed by atoms with Gasteiger partial charge in [-0.3, -0.25) is 4.39 Å². The first kappa shape index (κ1) is 12.5. The molecule has 5 N–H and O–H groups in total. The molecule has 4 nitrogen and oxygen atoms in total. The number of hydrogen-bond donors (Lipinski definition) is 3. The summed E-state index contributed by atoms with van der Waals surface area (Å²) >= 11 is 0. The molecule has 2 rings (SSSR count). The van der Waals surface area contributed by atoms with Gasteiger partial charge in [-0.2, -0.15) is 5.90 Å². The molecule has 0 amide bonds. The minimum Gasteiger partial charge on any atom is -0.411 e. The molecule has 0 aliphatic rings. The molecule has 88 valence electrons. The molecule has 0 radical (unpaired) electrons. The predicted octanol–water partition coefficient (Wildman–Crippen LogP) is 1.51. The summed E-state index contributed by atoms with van der Waals surface area (Å²) in [5.41, 5.74) is 7.68. The first-order valence-electron chi connectivity index (χ1n) is 4.90. The van der Waals surface area contributed by atoms with Crippen LogP contribution in [-0.4, -0.2) is 18.7 Å². The third-order valence-corrected chi connectivity index (χ3v) is 2.29. The number of aromatic nitrogens is 1. The summed E-state index contributed by atoms with van der Waals surface area (Å²) in [6.07, 6.45) is 2.76. The molecule has 16 heavy (non-hydrogen) atoms. The van der Waals surface area contributed by atoms with E-state index in [4.69, 9.17) is 16.5 Å². The van der Waals surface area contributed by atoms with Crippen LogP contribution in [0.5, 0.6) is 5.75 Å². The molecule has 1 aromatic carbocycles. The van der Waals surface area contributed by atoms with Gasteiger partial charge in [-0.05, 0) is 30.7 Å². The molecule has 0 fully saturated rings. The number of H-pyrrole nitrogens is 1. The lowest BCUT2D eigenvalue weighted by Gasteiger charge is -2.02. The zero-order chi connectivity index (χ0) is 12.0. The number of rotatable bonds is 3. The van der Waals surface area contributed by atoms with E-state index in [1.54, 1.807) is 0 Å². The van der Waals surface area contributed by atoms with Crippen molar-refractivity contribution in [3.8, 4) is 5.75 Å². The van der Waals surface area contributed by atoms with Crippen molar-refractivity contribution in [2.24, 2.45) is 11.6 Å². The fraction of sp³-hybridized carbons (Fsp3) is 0.273. The maximum absolute atomic E-state index is 9.50. The lowest BCUT2D eigenvalue weighted by Crippen LogP contribution is -2.04. The topological polar surface area (TPSA) is 77.1 Å². The number of halogens is 1. The van der Waals surface area contributed by atoms with Crippen LogP contribution in [0.2, 0.25) is 0 Å².